The van der Waals surface area contributed by atoms with Crippen LogP contribution in [0, 0.1) is 6.92 Å². The van der Waals surface area contributed by atoms with Crippen molar-refractivity contribution in [3.8, 4) is 22.2 Å². The number of furan rings is 1. The Hall–Kier alpha value is -2.95. The minimum Gasteiger partial charge on any atom is -0.446 e. The molecule has 5 rings (SSSR count). The Balaban J connectivity index is 1.23. The summed E-state index contributed by atoms with van der Waals surface area (Å²) in [6.45, 7) is 4.90. The van der Waals surface area contributed by atoms with Gasteiger partial charge in [-0.15, -0.1) is 21.5 Å². The van der Waals surface area contributed by atoms with Crippen molar-refractivity contribution in [1.29, 1.82) is 0 Å². The molecule has 0 fully saturated rings. The van der Waals surface area contributed by atoms with Crippen LogP contribution in [-0.4, -0.2) is 31.4 Å². The number of carbonyl (C=O) groups is 1. The molecule has 2 aromatic carbocycles. The van der Waals surface area contributed by atoms with E-state index in [2.05, 4.69) is 63.5 Å². The number of nitrogens with zero attached hydrogens (tertiary/aromatic N) is 4. The average molecular weight is 569 g/mol. The number of carbonyl (C=O) groups excluding carboxylic acids is 1. The lowest BCUT2D eigenvalue weighted by molar-refractivity contribution is -0.113. The molecule has 0 spiro atoms. The highest BCUT2D eigenvalue weighted by molar-refractivity contribution is 9.10. The highest BCUT2D eigenvalue weighted by Gasteiger charge is 2.18. The second-order valence-corrected chi connectivity index (χ2v) is 10.7. The average Bonchev–Trinajstić information content (AvgIpc) is 3.56. The van der Waals surface area contributed by atoms with Gasteiger partial charge in [0, 0.05) is 17.8 Å². The van der Waals surface area contributed by atoms with Gasteiger partial charge in [0.1, 0.15) is 5.01 Å². The van der Waals surface area contributed by atoms with Gasteiger partial charge in [-0.1, -0.05) is 24.8 Å². The largest absolute Gasteiger partial charge is 0.446 e. The number of amides is 1. The lowest BCUT2D eigenvalue weighted by Gasteiger charge is -2.08. The number of hydrogen-bond donors (Lipinski definition) is 1. The molecular formula is C25H22BrN5O2S2. The molecule has 0 bridgehead atoms. The fraction of sp³-hybridized carbons (Fsp3) is 0.200. The highest BCUT2D eigenvalue weighted by atomic mass is 79.9. The lowest BCUT2D eigenvalue weighted by atomic mass is 10.2. The van der Waals surface area contributed by atoms with Gasteiger partial charge in [0.2, 0.25) is 11.7 Å². The molecule has 178 valence electrons. The fourth-order valence-electron chi connectivity index (χ4n) is 3.62. The first-order chi connectivity index (χ1) is 17.0. The van der Waals surface area contributed by atoms with Crippen LogP contribution in [-0.2, 0) is 11.3 Å². The first kappa shape index (κ1) is 23.8. The Morgan fingerprint density at radius 2 is 1.97 bits per heavy atom. The normalized spacial score (nSPS) is 11.3. The van der Waals surface area contributed by atoms with Crippen LogP contribution in [0.25, 0.3) is 32.4 Å². The summed E-state index contributed by atoms with van der Waals surface area (Å²) in [5, 5.41) is 13.2. The molecular weight excluding hydrogens is 546 g/mol. The number of rotatable bonds is 8. The molecule has 35 heavy (non-hydrogen) atoms. The van der Waals surface area contributed by atoms with E-state index in [4.69, 9.17) is 9.40 Å². The summed E-state index contributed by atoms with van der Waals surface area (Å²) in [4.78, 5) is 17.3. The topological polar surface area (TPSA) is 85.8 Å². The molecule has 0 radical (unpaired) electrons. The molecule has 0 aliphatic rings. The molecule has 0 unspecified atom stereocenters. The van der Waals surface area contributed by atoms with Crippen LogP contribution >= 0.6 is 39.0 Å². The number of hydrogen-bond acceptors (Lipinski definition) is 7. The molecule has 0 aliphatic carbocycles. The van der Waals surface area contributed by atoms with E-state index in [-0.39, 0.29) is 11.7 Å². The van der Waals surface area contributed by atoms with Crippen LogP contribution in [0.15, 0.2) is 68.8 Å². The van der Waals surface area contributed by atoms with Crippen LogP contribution in [0.1, 0.15) is 18.9 Å². The van der Waals surface area contributed by atoms with Gasteiger partial charge in [0.15, 0.2) is 15.6 Å². The Labute approximate surface area is 219 Å². The molecule has 3 aromatic heterocycles. The van der Waals surface area contributed by atoms with Gasteiger partial charge in [0.25, 0.3) is 0 Å². The summed E-state index contributed by atoms with van der Waals surface area (Å²) in [5.41, 5.74) is 4.00. The molecule has 7 nitrogen and oxygen atoms in total. The zero-order chi connectivity index (χ0) is 24.4. The second-order valence-electron chi connectivity index (χ2n) is 7.97. The number of fused-ring (bicyclic) bond motifs is 1. The first-order valence-corrected chi connectivity index (χ1v) is 13.7. The summed E-state index contributed by atoms with van der Waals surface area (Å²) in [6, 6.07) is 17.7. The number of thiazole rings is 1. The van der Waals surface area contributed by atoms with Gasteiger partial charge in [-0.25, -0.2) is 4.98 Å². The summed E-state index contributed by atoms with van der Waals surface area (Å²) >= 11 is 6.35. The third kappa shape index (κ3) is 5.34. The van der Waals surface area contributed by atoms with Gasteiger partial charge in [-0.05, 0) is 83.4 Å². The van der Waals surface area contributed by atoms with Crippen LogP contribution in [0.3, 0.4) is 0 Å². The third-order valence-corrected chi connectivity index (χ3v) is 7.71. The van der Waals surface area contributed by atoms with Crippen molar-refractivity contribution in [3.05, 3.63) is 64.8 Å². The number of aryl methyl sites for hydroxylation is 1. The molecule has 1 N–H and O–H groups in total. The molecule has 0 atom stereocenters. The van der Waals surface area contributed by atoms with Crippen molar-refractivity contribution < 1.29 is 9.21 Å². The number of benzene rings is 2. The summed E-state index contributed by atoms with van der Waals surface area (Å²) < 4.78 is 9.43. The SMILES string of the molecule is CCCn1c(SCC(=O)Nc2ccc(-c3nc4ccc(C)cc4s3)cc2)nnc1-c1ccc(Br)o1. The van der Waals surface area contributed by atoms with Gasteiger partial charge in [-0.3, -0.25) is 9.36 Å². The fourth-order valence-corrected chi connectivity index (χ4v) is 5.76. The number of anilines is 1. The van der Waals surface area contributed by atoms with Crippen LogP contribution in [0.5, 0.6) is 0 Å². The molecule has 3 heterocycles. The van der Waals surface area contributed by atoms with Crippen molar-refractivity contribution in [3.63, 3.8) is 0 Å². The van der Waals surface area contributed by atoms with Crippen molar-refractivity contribution >= 4 is 60.8 Å². The van der Waals surface area contributed by atoms with Gasteiger partial charge >= 0.3 is 0 Å². The summed E-state index contributed by atoms with van der Waals surface area (Å²) in [5.74, 6) is 1.41. The van der Waals surface area contributed by atoms with Crippen LogP contribution in [0.2, 0.25) is 0 Å². The van der Waals surface area contributed by atoms with Crippen molar-refractivity contribution in [2.45, 2.75) is 32.0 Å². The maximum absolute atomic E-state index is 12.6. The zero-order valence-electron chi connectivity index (χ0n) is 19.1. The lowest BCUT2D eigenvalue weighted by Crippen LogP contribution is -2.14. The van der Waals surface area contributed by atoms with E-state index in [1.807, 2.05) is 41.0 Å². The monoisotopic (exact) mass is 567 g/mol. The maximum atomic E-state index is 12.6. The number of aromatic nitrogens is 4. The minimum absolute atomic E-state index is 0.105. The molecule has 0 aliphatic heterocycles. The highest BCUT2D eigenvalue weighted by Crippen LogP contribution is 2.31. The van der Waals surface area contributed by atoms with Gasteiger partial charge < -0.3 is 9.73 Å². The number of nitrogens with one attached hydrogen (secondary N) is 1. The van der Waals surface area contributed by atoms with Gasteiger partial charge in [-0.2, -0.15) is 0 Å². The smallest absolute Gasteiger partial charge is 0.234 e. The van der Waals surface area contributed by atoms with E-state index >= 15 is 0 Å². The number of halogens is 1. The summed E-state index contributed by atoms with van der Waals surface area (Å²) in [6.07, 6.45) is 0.910. The van der Waals surface area contributed by atoms with Gasteiger partial charge in [0.05, 0.1) is 16.0 Å². The molecule has 5 aromatic rings. The van der Waals surface area contributed by atoms with Crippen molar-refractivity contribution in [2.75, 3.05) is 11.1 Å². The quantitative estimate of drug-likeness (QED) is 0.202. The second kappa shape index (κ2) is 10.3. The van der Waals surface area contributed by atoms with E-state index < -0.39 is 0 Å². The van der Waals surface area contributed by atoms with E-state index in [9.17, 15) is 4.79 Å². The minimum atomic E-state index is -0.105. The predicted octanol–water partition coefficient (Wildman–Crippen LogP) is 7.03. The van der Waals surface area contributed by atoms with Crippen molar-refractivity contribution in [1.82, 2.24) is 19.7 Å². The Bertz CT molecular complexity index is 1490. The van der Waals surface area contributed by atoms with E-state index in [1.165, 1.54) is 22.0 Å². The van der Waals surface area contributed by atoms with Crippen LogP contribution in [0.4, 0.5) is 5.69 Å². The first-order valence-electron chi connectivity index (χ1n) is 11.1. The van der Waals surface area contributed by atoms with Crippen LogP contribution < -0.4 is 5.32 Å². The van der Waals surface area contributed by atoms with E-state index in [0.717, 1.165) is 34.7 Å². The zero-order valence-corrected chi connectivity index (χ0v) is 22.3. The van der Waals surface area contributed by atoms with E-state index in [1.54, 1.807) is 11.3 Å². The summed E-state index contributed by atoms with van der Waals surface area (Å²) in [7, 11) is 0. The molecule has 0 saturated carbocycles. The predicted molar refractivity (Wildman–Crippen MR) is 145 cm³/mol. The third-order valence-electron chi connectivity index (χ3n) is 5.25. The molecule has 0 saturated heterocycles. The van der Waals surface area contributed by atoms with E-state index in [0.29, 0.717) is 21.4 Å². The Kier molecular flexibility index (Phi) is 7.03. The molecule has 10 heteroatoms. The standard InChI is InChI=1S/C25H22BrN5O2S2/c1-3-12-31-23(19-10-11-21(26)33-19)29-30-25(31)34-14-22(32)27-17-7-5-16(6-8-17)24-28-18-9-4-15(2)13-20(18)35-24/h4-11,13H,3,12,14H2,1-2H3,(H,27,32). The molecule has 1 amide bonds. The Morgan fingerprint density at radius 1 is 1.14 bits per heavy atom. The Morgan fingerprint density at radius 3 is 2.71 bits per heavy atom. The number of thioether (sulfide) groups is 1. The maximum Gasteiger partial charge on any atom is 0.234 e. The van der Waals surface area contributed by atoms with Crippen molar-refractivity contribution in [2.24, 2.45) is 0 Å².